The molecule has 0 aliphatic heterocycles. The molecule has 0 saturated carbocycles. The minimum absolute atomic E-state index is 0.0748. The number of aromatic amines is 1. The molecular formula is C11H13N3O3. The van der Waals surface area contributed by atoms with Crippen molar-refractivity contribution < 1.29 is 9.66 Å². The predicted molar refractivity (Wildman–Crippen MR) is 62.9 cm³/mol. The van der Waals surface area contributed by atoms with Gasteiger partial charge in [-0.3, -0.25) is 15.2 Å². The molecular weight excluding hydrogens is 222 g/mol. The molecule has 1 aromatic carbocycles. The summed E-state index contributed by atoms with van der Waals surface area (Å²) in [6.45, 7) is 1.88. The molecule has 0 saturated heterocycles. The second kappa shape index (κ2) is 4.50. The van der Waals surface area contributed by atoms with Gasteiger partial charge in [0.2, 0.25) is 0 Å². The Kier molecular flexibility index (Phi) is 3.06. The van der Waals surface area contributed by atoms with E-state index in [0.29, 0.717) is 12.0 Å². The minimum atomic E-state index is -0.371. The smallest absolute Gasteiger partial charge is 0.273 e. The van der Waals surface area contributed by atoms with Gasteiger partial charge >= 0.3 is 0 Å². The molecule has 0 unspecified atom stereocenters. The highest BCUT2D eigenvalue weighted by atomic mass is 16.6. The highest BCUT2D eigenvalue weighted by Crippen LogP contribution is 2.28. The van der Waals surface area contributed by atoms with Crippen LogP contribution in [-0.4, -0.2) is 28.3 Å². The Labute approximate surface area is 97.7 Å². The molecule has 2 aromatic rings. The Hall–Kier alpha value is -1.95. The van der Waals surface area contributed by atoms with E-state index in [9.17, 15) is 10.1 Å². The monoisotopic (exact) mass is 235 g/mol. The van der Waals surface area contributed by atoms with Gasteiger partial charge in [0.15, 0.2) is 0 Å². The van der Waals surface area contributed by atoms with Gasteiger partial charge in [0.05, 0.1) is 22.7 Å². The first-order valence-corrected chi connectivity index (χ1v) is 5.25. The number of nitrogens with one attached hydrogen (secondary N) is 1. The standard InChI is InChI=1S/C11H13N3O3/c1-7(17-2)5-8-9-6-12-13-10(9)3-4-11(8)14(15)16/h3-4,6-7H,5H2,1-2H3,(H,12,13)/t7-/m1/s1. The summed E-state index contributed by atoms with van der Waals surface area (Å²) < 4.78 is 5.16. The molecule has 0 amide bonds. The van der Waals surface area contributed by atoms with Crippen LogP contribution < -0.4 is 0 Å². The highest BCUT2D eigenvalue weighted by Gasteiger charge is 2.19. The van der Waals surface area contributed by atoms with Crippen LogP contribution in [0.4, 0.5) is 5.69 Å². The fraction of sp³-hybridized carbons (Fsp3) is 0.364. The van der Waals surface area contributed by atoms with Crippen LogP contribution in [0, 0.1) is 10.1 Å². The summed E-state index contributed by atoms with van der Waals surface area (Å²) in [5, 5.41) is 18.5. The summed E-state index contributed by atoms with van der Waals surface area (Å²) in [7, 11) is 1.59. The lowest BCUT2D eigenvalue weighted by Gasteiger charge is -2.10. The molecule has 0 aliphatic carbocycles. The number of hydrogen-bond acceptors (Lipinski definition) is 4. The normalized spacial score (nSPS) is 12.8. The van der Waals surface area contributed by atoms with E-state index in [4.69, 9.17) is 4.74 Å². The maximum absolute atomic E-state index is 11.0. The maximum atomic E-state index is 11.0. The first kappa shape index (κ1) is 11.5. The minimum Gasteiger partial charge on any atom is -0.381 e. The van der Waals surface area contributed by atoms with E-state index in [2.05, 4.69) is 10.2 Å². The van der Waals surface area contributed by atoms with Gasteiger partial charge in [0.1, 0.15) is 0 Å². The number of nitro benzene ring substituents is 1. The maximum Gasteiger partial charge on any atom is 0.273 e. The van der Waals surface area contributed by atoms with Crippen LogP contribution in [0.1, 0.15) is 12.5 Å². The molecule has 1 heterocycles. The van der Waals surface area contributed by atoms with Crippen LogP contribution in [-0.2, 0) is 11.2 Å². The van der Waals surface area contributed by atoms with Crippen molar-refractivity contribution in [2.45, 2.75) is 19.4 Å². The number of nitrogens with zero attached hydrogens (tertiary/aromatic N) is 2. The summed E-state index contributed by atoms with van der Waals surface area (Å²) in [6, 6.07) is 3.17. The molecule has 0 fully saturated rings. The van der Waals surface area contributed by atoms with E-state index in [-0.39, 0.29) is 16.7 Å². The Balaban J connectivity index is 2.57. The SMILES string of the molecule is CO[C@H](C)Cc1c([N+](=O)[O-])ccc2[nH]ncc12. The lowest BCUT2D eigenvalue weighted by atomic mass is 10.0. The largest absolute Gasteiger partial charge is 0.381 e. The Morgan fingerprint density at radius 3 is 3.00 bits per heavy atom. The highest BCUT2D eigenvalue weighted by molar-refractivity contribution is 5.85. The summed E-state index contributed by atoms with van der Waals surface area (Å²) in [6.07, 6.45) is 2.03. The van der Waals surface area contributed by atoms with E-state index in [1.54, 1.807) is 19.4 Å². The number of benzene rings is 1. The topological polar surface area (TPSA) is 81.0 Å². The van der Waals surface area contributed by atoms with Gasteiger partial charge in [0, 0.05) is 30.5 Å². The van der Waals surface area contributed by atoms with Crippen LogP contribution in [0.25, 0.3) is 10.9 Å². The molecule has 6 heteroatoms. The van der Waals surface area contributed by atoms with Gasteiger partial charge in [-0.25, -0.2) is 0 Å². The van der Waals surface area contributed by atoms with Gasteiger partial charge in [-0.05, 0) is 13.0 Å². The predicted octanol–water partition coefficient (Wildman–Crippen LogP) is 2.05. The molecule has 6 nitrogen and oxygen atoms in total. The molecule has 0 spiro atoms. The number of rotatable bonds is 4. The molecule has 1 atom stereocenters. The number of H-pyrrole nitrogens is 1. The van der Waals surface area contributed by atoms with Crippen molar-refractivity contribution in [3.05, 3.63) is 34.0 Å². The van der Waals surface area contributed by atoms with Gasteiger partial charge in [-0.15, -0.1) is 0 Å². The zero-order valence-electron chi connectivity index (χ0n) is 9.64. The van der Waals surface area contributed by atoms with Crippen molar-refractivity contribution in [1.82, 2.24) is 10.2 Å². The van der Waals surface area contributed by atoms with Crippen molar-refractivity contribution in [1.29, 1.82) is 0 Å². The van der Waals surface area contributed by atoms with E-state index < -0.39 is 0 Å². The first-order chi connectivity index (χ1) is 8.13. The molecule has 0 bridgehead atoms. The third-order valence-corrected chi connectivity index (χ3v) is 2.80. The third kappa shape index (κ3) is 2.12. The van der Waals surface area contributed by atoms with Crippen molar-refractivity contribution in [2.24, 2.45) is 0 Å². The molecule has 90 valence electrons. The summed E-state index contributed by atoms with van der Waals surface area (Å²) >= 11 is 0. The molecule has 2 rings (SSSR count). The molecule has 17 heavy (non-hydrogen) atoms. The average molecular weight is 235 g/mol. The molecule has 1 aromatic heterocycles. The lowest BCUT2D eigenvalue weighted by Crippen LogP contribution is -2.10. The zero-order valence-corrected chi connectivity index (χ0v) is 9.64. The quantitative estimate of drug-likeness (QED) is 0.649. The van der Waals surface area contributed by atoms with Crippen molar-refractivity contribution >= 4 is 16.6 Å². The Bertz CT molecular complexity index is 550. The van der Waals surface area contributed by atoms with Crippen LogP contribution in [0.15, 0.2) is 18.3 Å². The number of nitro groups is 1. The van der Waals surface area contributed by atoms with Crippen LogP contribution in [0.2, 0.25) is 0 Å². The molecule has 1 N–H and O–H groups in total. The molecule has 0 radical (unpaired) electrons. The summed E-state index contributed by atoms with van der Waals surface area (Å²) in [5.41, 5.74) is 1.58. The summed E-state index contributed by atoms with van der Waals surface area (Å²) in [5.74, 6) is 0. The van der Waals surface area contributed by atoms with Crippen LogP contribution >= 0.6 is 0 Å². The van der Waals surface area contributed by atoms with Gasteiger partial charge in [0.25, 0.3) is 5.69 Å². The van der Waals surface area contributed by atoms with Gasteiger partial charge in [-0.1, -0.05) is 0 Å². The number of aromatic nitrogens is 2. The number of methoxy groups -OCH3 is 1. The van der Waals surface area contributed by atoms with Gasteiger partial charge < -0.3 is 4.74 Å². The number of hydrogen-bond donors (Lipinski definition) is 1. The van der Waals surface area contributed by atoms with Crippen LogP contribution in [0.5, 0.6) is 0 Å². The van der Waals surface area contributed by atoms with E-state index >= 15 is 0 Å². The lowest BCUT2D eigenvalue weighted by molar-refractivity contribution is -0.385. The third-order valence-electron chi connectivity index (χ3n) is 2.80. The Morgan fingerprint density at radius 1 is 1.59 bits per heavy atom. The second-order valence-corrected chi connectivity index (χ2v) is 3.90. The first-order valence-electron chi connectivity index (χ1n) is 5.25. The second-order valence-electron chi connectivity index (χ2n) is 3.90. The fourth-order valence-corrected chi connectivity index (χ4v) is 1.82. The fourth-order valence-electron chi connectivity index (χ4n) is 1.82. The van der Waals surface area contributed by atoms with Gasteiger partial charge in [-0.2, -0.15) is 5.10 Å². The summed E-state index contributed by atoms with van der Waals surface area (Å²) in [4.78, 5) is 10.6. The van der Waals surface area contributed by atoms with Crippen molar-refractivity contribution in [2.75, 3.05) is 7.11 Å². The molecule has 0 aliphatic rings. The van der Waals surface area contributed by atoms with E-state index in [1.807, 2.05) is 6.92 Å². The van der Waals surface area contributed by atoms with Crippen LogP contribution in [0.3, 0.4) is 0 Å². The zero-order chi connectivity index (χ0) is 12.4. The average Bonchev–Trinajstić information content (AvgIpc) is 2.77. The van der Waals surface area contributed by atoms with Crippen molar-refractivity contribution in [3.8, 4) is 0 Å². The van der Waals surface area contributed by atoms with Crippen molar-refractivity contribution in [3.63, 3.8) is 0 Å². The van der Waals surface area contributed by atoms with E-state index in [0.717, 1.165) is 10.9 Å². The van der Waals surface area contributed by atoms with E-state index in [1.165, 1.54) is 6.07 Å². The Morgan fingerprint density at radius 2 is 2.35 bits per heavy atom. The number of fused-ring (bicyclic) bond motifs is 1. The number of ether oxygens (including phenoxy) is 1.